The molecule has 0 radical (unpaired) electrons. The molecule has 1 N–H and O–H groups in total. The van der Waals surface area contributed by atoms with E-state index in [9.17, 15) is 0 Å². The van der Waals surface area contributed by atoms with Gasteiger partial charge in [-0.1, -0.05) is 35.9 Å². The maximum atomic E-state index is 3.55. The van der Waals surface area contributed by atoms with Gasteiger partial charge in [-0.15, -0.1) is 0 Å². The van der Waals surface area contributed by atoms with Crippen molar-refractivity contribution in [2.24, 2.45) is 0 Å². The summed E-state index contributed by atoms with van der Waals surface area (Å²) in [5.41, 5.74) is 3.89. The third kappa shape index (κ3) is 4.16. The Labute approximate surface area is 131 Å². The van der Waals surface area contributed by atoms with Gasteiger partial charge in [-0.3, -0.25) is 0 Å². The minimum atomic E-state index is 0.350. The van der Waals surface area contributed by atoms with E-state index >= 15 is 0 Å². The van der Waals surface area contributed by atoms with Crippen molar-refractivity contribution in [2.45, 2.75) is 26.4 Å². The molecular weight excluding hydrogens is 366 g/mol. The number of benzene rings is 2. The SMILES string of the molecule is Cc1ccc(C(C)NCc2ccc(Br)c(Br)c2)cc1. The lowest BCUT2D eigenvalue weighted by Crippen LogP contribution is -2.18. The van der Waals surface area contributed by atoms with Gasteiger partial charge in [-0.25, -0.2) is 0 Å². The molecule has 1 atom stereocenters. The van der Waals surface area contributed by atoms with Crippen molar-refractivity contribution in [1.82, 2.24) is 5.32 Å². The highest BCUT2D eigenvalue weighted by Crippen LogP contribution is 2.24. The van der Waals surface area contributed by atoms with Gasteiger partial charge in [-0.2, -0.15) is 0 Å². The zero-order chi connectivity index (χ0) is 13.8. The van der Waals surface area contributed by atoms with Crippen LogP contribution in [0.2, 0.25) is 0 Å². The number of hydrogen-bond acceptors (Lipinski definition) is 1. The molecule has 0 saturated carbocycles. The molecule has 19 heavy (non-hydrogen) atoms. The topological polar surface area (TPSA) is 12.0 Å². The van der Waals surface area contributed by atoms with Crippen molar-refractivity contribution < 1.29 is 0 Å². The maximum absolute atomic E-state index is 3.55. The third-order valence-electron chi connectivity index (χ3n) is 3.17. The normalized spacial score (nSPS) is 12.4. The Balaban J connectivity index is 1.98. The fraction of sp³-hybridized carbons (Fsp3) is 0.250. The number of nitrogens with one attached hydrogen (secondary N) is 1. The standard InChI is InChI=1S/C16H17Br2N/c1-11-3-6-14(7-4-11)12(2)19-10-13-5-8-15(17)16(18)9-13/h3-9,12,19H,10H2,1-2H3. The molecule has 2 aromatic carbocycles. The Bertz CT molecular complexity index is 549. The molecule has 100 valence electrons. The van der Waals surface area contributed by atoms with Crippen LogP contribution in [0.3, 0.4) is 0 Å². The van der Waals surface area contributed by atoms with Gasteiger partial charge in [0.05, 0.1) is 0 Å². The number of hydrogen-bond donors (Lipinski definition) is 1. The van der Waals surface area contributed by atoms with Crippen LogP contribution in [0.4, 0.5) is 0 Å². The molecule has 0 bridgehead atoms. The van der Waals surface area contributed by atoms with E-state index < -0.39 is 0 Å². The zero-order valence-corrected chi connectivity index (χ0v) is 14.3. The van der Waals surface area contributed by atoms with Gasteiger partial charge in [0.15, 0.2) is 0 Å². The molecule has 1 unspecified atom stereocenters. The summed E-state index contributed by atoms with van der Waals surface area (Å²) in [6.45, 7) is 5.17. The van der Waals surface area contributed by atoms with E-state index in [2.05, 4.69) is 93.5 Å². The number of rotatable bonds is 4. The van der Waals surface area contributed by atoms with E-state index in [1.165, 1.54) is 16.7 Å². The second-order valence-corrected chi connectivity index (χ2v) is 6.47. The van der Waals surface area contributed by atoms with Crippen LogP contribution in [-0.2, 0) is 6.54 Å². The lowest BCUT2D eigenvalue weighted by Gasteiger charge is -2.15. The molecule has 0 saturated heterocycles. The van der Waals surface area contributed by atoms with Crippen LogP contribution in [0.5, 0.6) is 0 Å². The van der Waals surface area contributed by atoms with Gasteiger partial charge in [0.2, 0.25) is 0 Å². The lowest BCUT2D eigenvalue weighted by atomic mass is 10.1. The van der Waals surface area contributed by atoms with Crippen LogP contribution in [0.25, 0.3) is 0 Å². The van der Waals surface area contributed by atoms with E-state index in [0.717, 1.165) is 15.5 Å². The smallest absolute Gasteiger partial charge is 0.0320 e. The first-order valence-corrected chi connectivity index (χ1v) is 7.89. The van der Waals surface area contributed by atoms with Gasteiger partial charge in [-0.05, 0) is 69.0 Å². The molecule has 0 amide bonds. The van der Waals surface area contributed by atoms with Gasteiger partial charge < -0.3 is 5.32 Å². The average molecular weight is 383 g/mol. The van der Waals surface area contributed by atoms with E-state index in [1.807, 2.05) is 0 Å². The second-order valence-electron chi connectivity index (χ2n) is 4.76. The molecule has 1 nitrogen and oxygen atoms in total. The minimum Gasteiger partial charge on any atom is -0.306 e. The van der Waals surface area contributed by atoms with Crippen molar-refractivity contribution in [3.63, 3.8) is 0 Å². The summed E-state index contributed by atoms with van der Waals surface area (Å²) in [6, 6.07) is 15.4. The van der Waals surface area contributed by atoms with E-state index in [4.69, 9.17) is 0 Å². The summed E-state index contributed by atoms with van der Waals surface area (Å²) in [4.78, 5) is 0. The molecule has 0 spiro atoms. The van der Waals surface area contributed by atoms with Crippen LogP contribution < -0.4 is 5.32 Å². The monoisotopic (exact) mass is 381 g/mol. The molecule has 3 heteroatoms. The lowest BCUT2D eigenvalue weighted by molar-refractivity contribution is 0.574. The summed E-state index contributed by atoms with van der Waals surface area (Å²) in [7, 11) is 0. The van der Waals surface area contributed by atoms with E-state index in [-0.39, 0.29) is 0 Å². The van der Waals surface area contributed by atoms with Gasteiger partial charge >= 0.3 is 0 Å². The van der Waals surface area contributed by atoms with Gasteiger partial charge in [0, 0.05) is 21.5 Å². The Hall–Kier alpha value is -0.640. The van der Waals surface area contributed by atoms with E-state index in [0.29, 0.717) is 6.04 Å². The van der Waals surface area contributed by atoms with Crippen LogP contribution in [0.1, 0.15) is 29.7 Å². The first-order chi connectivity index (χ1) is 9.06. The molecule has 0 aliphatic heterocycles. The van der Waals surface area contributed by atoms with Crippen molar-refractivity contribution in [1.29, 1.82) is 0 Å². The van der Waals surface area contributed by atoms with Gasteiger partial charge in [0.1, 0.15) is 0 Å². The van der Waals surface area contributed by atoms with Crippen molar-refractivity contribution in [3.8, 4) is 0 Å². The highest BCUT2D eigenvalue weighted by molar-refractivity contribution is 9.13. The second kappa shape index (κ2) is 6.69. The van der Waals surface area contributed by atoms with Crippen molar-refractivity contribution in [3.05, 3.63) is 68.1 Å². The molecule has 0 heterocycles. The third-order valence-corrected chi connectivity index (χ3v) is 5.05. The summed E-state index contributed by atoms with van der Waals surface area (Å²) in [5.74, 6) is 0. The number of aryl methyl sites for hydroxylation is 1. The molecule has 0 aliphatic carbocycles. The largest absolute Gasteiger partial charge is 0.306 e. The predicted molar refractivity (Wildman–Crippen MR) is 88.3 cm³/mol. The van der Waals surface area contributed by atoms with Crippen molar-refractivity contribution in [2.75, 3.05) is 0 Å². The molecule has 0 aromatic heterocycles. The molecule has 2 aromatic rings. The zero-order valence-electron chi connectivity index (χ0n) is 11.1. The van der Waals surface area contributed by atoms with Crippen LogP contribution in [-0.4, -0.2) is 0 Å². The van der Waals surface area contributed by atoms with Crippen LogP contribution >= 0.6 is 31.9 Å². The highest BCUT2D eigenvalue weighted by Gasteiger charge is 2.05. The number of halogens is 2. The van der Waals surface area contributed by atoms with Crippen LogP contribution in [0, 0.1) is 6.92 Å². The average Bonchev–Trinajstić information content (AvgIpc) is 2.40. The first kappa shape index (κ1) is 14.8. The molecule has 0 fully saturated rings. The summed E-state index contributed by atoms with van der Waals surface area (Å²) in [6.07, 6.45) is 0. The quantitative estimate of drug-likeness (QED) is 0.749. The Morgan fingerprint density at radius 2 is 1.68 bits per heavy atom. The highest BCUT2D eigenvalue weighted by atomic mass is 79.9. The fourth-order valence-corrected chi connectivity index (χ4v) is 2.57. The minimum absolute atomic E-state index is 0.350. The predicted octanol–water partition coefficient (Wildman–Crippen LogP) is 5.37. The Morgan fingerprint density at radius 1 is 1.00 bits per heavy atom. The molecule has 2 rings (SSSR count). The van der Waals surface area contributed by atoms with E-state index in [1.54, 1.807) is 0 Å². The van der Waals surface area contributed by atoms with Crippen molar-refractivity contribution >= 4 is 31.9 Å². The summed E-state index contributed by atoms with van der Waals surface area (Å²) < 4.78 is 2.18. The summed E-state index contributed by atoms with van der Waals surface area (Å²) >= 11 is 7.02. The first-order valence-electron chi connectivity index (χ1n) is 6.30. The summed E-state index contributed by atoms with van der Waals surface area (Å²) in [5, 5.41) is 3.55. The molecule has 0 aliphatic rings. The Kier molecular flexibility index (Phi) is 5.20. The van der Waals surface area contributed by atoms with Gasteiger partial charge in [0.25, 0.3) is 0 Å². The van der Waals surface area contributed by atoms with Crippen LogP contribution in [0.15, 0.2) is 51.4 Å². The fourth-order valence-electron chi connectivity index (χ4n) is 1.89. The molecular formula is C16H17Br2N. The Morgan fingerprint density at radius 3 is 2.32 bits per heavy atom. The maximum Gasteiger partial charge on any atom is 0.0320 e.